The number of anilines is 1. The highest BCUT2D eigenvalue weighted by Gasteiger charge is 2.25. The Bertz CT molecular complexity index is 474. The summed E-state index contributed by atoms with van der Waals surface area (Å²) in [5.74, 6) is 0.290. The summed E-state index contributed by atoms with van der Waals surface area (Å²) < 4.78 is 0. The molecule has 1 fully saturated rings. The molecule has 0 bridgehead atoms. The molecule has 1 amide bonds. The Morgan fingerprint density at radius 2 is 2.10 bits per heavy atom. The number of amides is 1. The lowest BCUT2D eigenvalue weighted by atomic mass is 9.92. The number of fused-ring (bicyclic) bond motifs is 1. The van der Waals surface area contributed by atoms with Gasteiger partial charge in [-0.05, 0) is 52.0 Å². The van der Waals surface area contributed by atoms with Gasteiger partial charge in [-0.2, -0.15) is 0 Å². The molecular weight excluding hydrogens is 282 g/mol. The van der Waals surface area contributed by atoms with Gasteiger partial charge in [-0.1, -0.05) is 12.8 Å². The van der Waals surface area contributed by atoms with E-state index in [2.05, 4.69) is 22.5 Å². The molecule has 0 spiro atoms. The van der Waals surface area contributed by atoms with E-state index in [1.807, 2.05) is 0 Å². The fraction of sp³-hybridized carbons (Fsp3) is 0.750. The minimum absolute atomic E-state index is 0.132. The number of thiazole rings is 1. The molecule has 5 heteroatoms. The second-order valence-electron chi connectivity index (χ2n) is 6.37. The first-order valence-electron chi connectivity index (χ1n) is 8.25. The molecular formula is C16H25N3OS. The van der Waals surface area contributed by atoms with E-state index in [9.17, 15) is 4.79 Å². The highest BCUT2D eigenvalue weighted by Crippen LogP contribution is 2.29. The van der Waals surface area contributed by atoms with E-state index >= 15 is 0 Å². The standard InChI is InChI=1S/C16H25N3OS/c1-11-10-12(8-9-17-11)15(20)19-16-18-13-6-4-2-3-5-7-14(13)21-16/h11-12,17H,2-10H2,1H3,(H,18,19,20)/t11-,12-/m0/s1. The molecule has 3 rings (SSSR count). The summed E-state index contributed by atoms with van der Waals surface area (Å²) in [5.41, 5.74) is 1.23. The normalized spacial score (nSPS) is 26.5. The third-order valence-electron chi connectivity index (χ3n) is 4.57. The lowest BCUT2D eigenvalue weighted by Gasteiger charge is -2.26. The first kappa shape index (κ1) is 15.0. The number of aryl methyl sites for hydroxylation is 2. The van der Waals surface area contributed by atoms with Crippen molar-refractivity contribution in [3.63, 3.8) is 0 Å². The second kappa shape index (κ2) is 6.88. The molecule has 21 heavy (non-hydrogen) atoms. The van der Waals surface area contributed by atoms with E-state index in [0.717, 1.165) is 37.4 Å². The van der Waals surface area contributed by atoms with E-state index in [1.54, 1.807) is 11.3 Å². The molecule has 1 aliphatic heterocycles. The number of carbonyl (C=O) groups is 1. The van der Waals surface area contributed by atoms with Crippen molar-refractivity contribution in [1.82, 2.24) is 10.3 Å². The van der Waals surface area contributed by atoms with Crippen LogP contribution in [0.2, 0.25) is 0 Å². The summed E-state index contributed by atoms with van der Waals surface area (Å²) in [5, 5.41) is 7.28. The molecule has 4 nitrogen and oxygen atoms in total. The Morgan fingerprint density at radius 1 is 1.29 bits per heavy atom. The lowest BCUT2D eigenvalue weighted by Crippen LogP contribution is -2.40. The predicted octanol–water partition coefficient (Wildman–Crippen LogP) is 3.13. The Balaban J connectivity index is 1.64. The van der Waals surface area contributed by atoms with Gasteiger partial charge >= 0.3 is 0 Å². The Labute approximate surface area is 130 Å². The van der Waals surface area contributed by atoms with Crippen LogP contribution in [0.5, 0.6) is 0 Å². The maximum absolute atomic E-state index is 12.4. The number of nitrogens with zero attached hydrogens (tertiary/aromatic N) is 1. The summed E-state index contributed by atoms with van der Waals surface area (Å²) in [4.78, 5) is 18.5. The number of nitrogens with one attached hydrogen (secondary N) is 2. The molecule has 2 atom stereocenters. The van der Waals surface area contributed by atoms with Crippen LogP contribution in [-0.2, 0) is 17.6 Å². The maximum Gasteiger partial charge on any atom is 0.229 e. The molecule has 116 valence electrons. The monoisotopic (exact) mass is 307 g/mol. The van der Waals surface area contributed by atoms with Crippen molar-refractivity contribution in [2.45, 2.75) is 64.3 Å². The van der Waals surface area contributed by atoms with Gasteiger partial charge in [0.05, 0.1) is 5.69 Å². The largest absolute Gasteiger partial charge is 0.314 e. The van der Waals surface area contributed by atoms with Gasteiger partial charge in [-0.25, -0.2) is 4.98 Å². The van der Waals surface area contributed by atoms with Crippen molar-refractivity contribution in [3.8, 4) is 0 Å². The summed E-state index contributed by atoms with van der Waals surface area (Å²) in [6, 6.07) is 0.436. The number of aromatic nitrogens is 1. The topological polar surface area (TPSA) is 54.0 Å². The fourth-order valence-electron chi connectivity index (χ4n) is 3.34. The zero-order valence-electron chi connectivity index (χ0n) is 12.8. The van der Waals surface area contributed by atoms with E-state index < -0.39 is 0 Å². The van der Waals surface area contributed by atoms with Crippen LogP contribution < -0.4 is 10.6 Å². The van der Waals surface area contributed by atoms with Crippen molar-refractivity contribution >= 4 is 22.4 Å². The quantitative estimate of drug-likeness (QED) is 0.882. The maximum atomic E-state index is 12.4. The number of rotatable bonds is 2. The van der Waals surface area contributed by atoms with Gasteiger partial charge in [0, 0.05) is 16.8 Å². The Hall–Kier alpha value is -0.940. The molecule has 0 saturated carbocycles. The molecule has 1 aromatic heterocycles. The molecule has 1 aromatic rings. The molecule has 1 aliphatic carbocycles. The van der Waals surface area contributed by atoms with E-state index in [4.69, 9.17) is 0 Å². The van der Waals surface area contributed by atoms with Gasteiger partial charge in [-0.15, -0.1) is 11.3 Å². The number of piperidine rings is 1. The lowest BCUT2D eigenvalue weighted by molar-refractivity contribution is -0.120. The average Bonchev–Trinajstić information content (AvgIpc) is 2.80. The number of carbonyl (C=O) groups excluding carboxylic acids is 1. The smallest absolute Gasteiger partial charge is 0.229 e. The molecule has 1 saturated heterocycles. The van der Waals surface area contributed by atoms with Gasteiger partial charge in [0.25, 0.3) is 0 Å². The highest BCUT2D eigenvalue weighted by atomic mass is 32.1. The SMILES string of the molecule is C[C@H]1C[C@@H](C(=O)Nc2nc3c(s2)CCCCCC3)CCN1. The molecule has 0 unspecified atom stereocenters. The van der Waals surface area contributed by atoms with E-state index in [-0.39, 0.29) is 11.8 Å². The van der Waals surface area contributed by atoms with Crippen molar-refractivity contribution in [1.29, 1.82) is 0 Å². The van der Waals surface area contributed by atoms with Crippen LogP contribution in [0, 0.1) is 5.92 Å². The number of hydrogen-bond donors (Lipinski definition) is 2. The molecule has 0 radical (unpaired) electrons. The second-order valence-corrected chi connectivity index (χ2v) is 7.45. The van der Waals surface area contributed by atoms with Crippen LogP contribution in [0.3, 0.4) is 0 Å². The van der Waals surface area contributed by atoms with Gasteiger partial charge in [-0.3, -0.25) is 4.79 Å². The average molecular weight is 307 g/mol. The Morgan fingerprint density at radius 3 is 2.90 bits per heavy atom. The zero-order chi connectivity index (χ0) is 14.7. The van der Waals surface area contributed by atoms with Crippen molar-refractivity contribution in [2.75, 3.05) is 11.9 Å². The van der Waals surface area contributed by atoms with Crippen molar-refractivity contribution < 1.29 is 4.79 Å². The van der Waals surface area contributed by atoms with Gasteiger partial charge in [0.1, 0.15) is 0 Å². The van der Waals surface area contributed by atoms with Crippen LogP contribution >= 0.6 is 11.3 Å². The van der Waals surface area contributed by atoms with Crippen LogP contribution in [0.1, 0.15) is 56.0 Å². The zero-order valence-corrected chi connectivity index (χ0v) is 13.6. The van der Waals surface area contributed by atoms with Gasteiger partial charge in [0.2, 0.25) is 5.91 Å². The number of hydrogen-bond acceptors (Lipinski definition) is 4. The molecule has 2 N–H and O–H groups in total. The third-order valence-corrected chi connectivity index (χ3v) is 5.64. The highest BCUT2D eigenvalue weighted by molar-refractivity contribution is 7.15. The summed E-state index contributed by atoms with van der Waals surface area (Å²) in [7, 11) is 0. The molecule has 2 heterocycles. The van der Waals surface area contributed by atoms with Crippen molar-refractivity contribution in [2.24, 2.45) is 5.92 Å². The van der Waals surface area contributed by atoms with E-state index in [1.165, 1.54) is 36.3 Å². The van der Waals surface area contributed by atoms with Crippen LogP contribution in [-0.4, -0.2) is 23.5 Å². The van der Waals surface area contributed by atoms with Gasteiger partial charge < -0.3 is 10.6 Å². The predicted molar refractivity (Wildman–Crippen MR) is 86.8 cm³/mol. The van der Waals surface area contributed by atoms with Gasteiger partial charge in [0.15, 0.2) is 5.13 Å². The summed E-state index contributed by atoms with van der Waals surface area (Å²) in [6.07, 6.45) is 9.19. The first-order valence-corrected chi connectivity index (χ1v) is 9.07. The van der Waals surface area contributed by atoms with E-state index in [0.29, 0.717) is 6.04 Å². The van der Waals surface area contributed by atoms with Crippen LogP contribution in [0.25, 0.3) is 0 Å². The van der Waals surface area contributed by atoms with Crippen LogP contribution in [0.15, 0.2) is 0 Å². The molecule has 2 aliphatic rings. The Kier molecular flexibility index (Phi) is 4.91. The first-order chi connectivity index (χ1) is 10.2. The summed E-state index contributed by atoms with van der Waals surface area (Å²) >= 11 is 1.69. The fourth-order valence-corrected chi connectivity index (χ4v) is 4.39. The summed E-state index contributed by atoms with van der Waals surface area (Å²) in [6.45, 7) is 3.09. The minimum Gasteiger partial charge on any atom is -0.314 e. The third kappa shape index (κ3) is 3.83. The van der Waals surface area contributed by atoms with Crippen molar-refractivity contribution in [3.05, 3.63) is 10.6 Å². The molecule has 0 aromatic carbocycles. The minimum atomic E-state index is 0.132. The van der Waals surface area contributed by atoms with Crippen LogP contribution in [0.4, 0.5) is 5.13 Å².